The van der Waals surface area contributed by atoms with Crippen LogP contribution in [0.25, 0.3) is 0 Å². The highest BCUT2D eigenvalue weighted by Crippen LogP contribution is 2.18. The predicted octanol–water partition coefficient (Wildman–Crippen LogP) is 1.88. The lowest BCUT2D eigenvalue weighted by molar-refractivity contribution is 0.0710. The average Bonchev–Trinajstić information content (AvgIpc) is 3.11. The van der Waals surface area contributed by atoms with Gasteiger partial charge < -0.3 is 15.1 Å². The van der Waals surface area contributed by atoms with Crippen molar-refractivity contribution in [3.05, 3.63) is 53.7 Å². The molecule has 1 aliphatic rings. The van der Waals surface area contributed by atoms with E-state index < -0.39 is 15.8 Å². The van der Waals surface area contributed by atoms with Gasteiger partial charge in [0.05, 0.1) is 17.0 Å². The molecule has 3 rings (SSSR count). The molecule has 0 saturated carbocycles. The van der Waals surface area contributed by atoms with Crippen molar-refractivity contribution in [1.82, 2.24) is 9.62 Å². The lowest BCUT2D eigenvalue weighted by atomic mass is 10.1. The molecular formula is C17H21ClFN3O4S. The zero-order valence-corrected chi connectivity index (χ0v) is 16.1. The van der Waals surface area contributed by atoms with Crippen LogP contribution in [-0.2, 0) is 16.6 Å². The number of furan rings is 1. The lowest BCUT2D eigenvalue weighted by Crippen LogP contribution is -2.46. The van der Waals surface area contributed by atoms with Gasteiger partial charge in [-0.2, -0.15) is 0 Å². The highest BCUT2D eigenvalue weighted by molar-refractivity contribution is 7.89. The fraction of sp³-hybridized carbons (Fsp3) is 0.353. The zero-order valence-electron chi connectivity index (χ0n) is 14.4. The van der Waals surface area contributed by atoms with Crippen LogP contribution in [0.2, 0.25) is 0 Å². The molecule has 3 N–H and O–H groups in total. The molecule has 0 unspecified atom stereocenters. The molecule has 1 fully saturated rings. The molecule has 1 saturated heterocycles. The first kappa shape index (κ1) is 21.4. The van der Waals surface area contributed by atoms with Crippen molar-refractivity contribution in [3.8, 4) is 0 Å². The van der Waals surface area contributed by atoms with Crippen molar-refractivity contribution < 1.29 is 22.0 Å². The van der Waals surface area contributed by atoms with Gasteiger partial charge in [-0.1, -0.05) is 0 Å². The van der Waals surface area contributed by atoms with E-state index in [9.17, 15) is 17.6 Å². The molecule has 0 atom stereocenters. The van der Waals surface area contributed by atoms with Gasteiger partial charge in [0.15, 0.2) is 0 Å². The van der Waals surface area contributed by atoms with E-state index in [1.807, 2.05) is 0 Å². The van der Waals surface area contributed by atoms with Gasteiger partial charge in [-0.15, -0.1) is 12.4 Å². The van der Waals surface area contributed by atoms with E-state index in [2.05, 4.69) is 4.72 Å². The SMILES string of the molecule is Cl.NCc1cc(C(=O)N2CCC(NS(=O)(=O)c3ccc(F)cc3)CC2)co1. The topological polar surface area (TPSA) is 106 Å². The summed E-state index contributed by atoms with van der Waals surface area (Å²) < 4.78 is 45.4. The van der Waals surface area contributed by atoms with Crippen LogP contribution in [-0.4, -0.2) is 38.4 Å². The van der Waals surface area contributed by atoms with Crippen molar-refractivity contribution in [2.75, 3.05) is 13.1 Å². The first-order valence-electron chi connectivity index (χ1n) is 8.23. The summed E-state index contributed by atoms with van der Waals surface area (Å²) in [4.78, 5) is 14.1. The highest BCUT2D eigenvalue weighted by Gasteiger charge is 2.27. The van der Waals surface area contributed by atoms with Crippen LogP contribution in [0.4, 0.5) is 4.39 Å². The summed E-state index contributed by atoms with van der Waals surface area (Å²) in [6, 6.07) is 6.01. The number of amides is 1. The quantitative estimate of drug-likeness (QED) is 0.772. The van der Waals surface area contributed by atoms with Crippen LogP contribution in [0.5, 0.6) is 0 Å². The second-order valence-electron chi connectivity index (χ2n) is 6.15. The molecule has 0 aliphatic carbocycles. The van der Waals surface area contributed by atoms with E-state index in [4.69, 9.17) is 10.2 Å². The molecule has 7 nitrogen and oxygen atoms in total. The summed E-state index contributed by atoms with van der Waals surface area (Å²) in [7, 11) is -3.72. The Kier molecular flexibility index (Phi) is 6.99. The Balaban J connectivity index is 0.00000261. The van der Waals surface area contributed by atoms with Crippen LogP contribution >= 0.6 is 12.4 Å². The van der Waals surface area contributed by atoms with Crippen molar-refractivity contribution in [2.45, 2.75) is 30.3 Å². The summed E-state index contributed by atoms with van der Waals surface area (Å²) in [6.45, 7) is 1.08. The third kappa shape index (κ3) is 5.07. The standard InChI is InChI=1S/C17H20FN3O4S.ClH/c18-13-1-3-16(4-2-13)26(23,24)20-14-5-7-21(8-6-14)17(22)12-9-15(10-19)25-11-12;/h1-4,9,11,14,20H,5-8,10,19H2;1H. The van der Waals surface area contributed by atoms with Crippen LogP contribution in [0.3, 0.4) is 0 Å². The number of carbonyl (C=O) groups is 1. The van der Waals surface area contributed by atoms with Gasteiger partial charge in [0.2, 0.25) is 10.0 Å². The molecule has 27 heavy (non-hydrogen) atoms. The number of nitrogens with two attached hydrogens (primary N) is 1. The Morgan fingerprint density at radius 3 is 2.44 bits per heavy atom. The molecule has 2 heterocycles. The Morgan fingerprint density at radius 2 is 1.89 bits per heavy atom. The van der Waals surface area contributed by atoms with Gasteiger partial charge in [-0.05, 0) is 43.2 Å². The molecule has 1 aromatic heterocycles. The predicted molar refractivity (Wildman–Crippen MR) is 99.5 cm³/mol. The summed E-state index contributed by atoms with van der Waals surface area (Å²) >= 11 is 0. The molecule has 1 aromatic carbocycles. The Bertz CT molecular complexity index is 878. The number of halogens is 2. The molecule has 2 aromatic rings. The number of carbonyl (C=O) groups excluding carboxylic acids is 1. The highest BCUT2D eigenvalue weighted by atomic mass is 35.5. The largest absolute Gasteiger partial charge is 0.467 e. The number of hydrogen-bond acceptors (Lipinski definition) is 5. The average molecular weight is 418 g/mol. The molecule has 0 spiro atoms. The van der Waals surface area contributed by atoms with Crippen LogP contribution in [0.1, 0.15) is 29.0 Å². The molecule has 0 radical (unpaired) electrons. The first-order chi connectivity index (χ1) is 12.4. The summed E-state index contributed by atoms with van der Waals surface area (Å²) in [5.74, 6) is -0.114. The number of benzene rings is 1. The monoisotopic (exact) mass is 417 g/mol. The molecule has 1 amide bonds. The number of nitrogens with one attached hydrogen (secondary N) is 1. The smallest absolute Gasteiger partial charge is 0.257 e. The maximum absolute atomic E-state index is 13.0. The maximum Gasteiger partial charge on any atom is 0.257 e. The number of rotatable bonds is 5. The molecular weight excluding hydrogens is 397 g/mol. The summed E-state index contributed by atoms with van der Waals surface area (Å²) in [5, 5.41) is 0. The first-order valence-corrected chi connectivity index (χ1v) is 9.72. The van der Waals surface area contributed by atoms with Crippen LogP contribution in [0, 0.1) is 5.82 Å². The minimum absolute atomic E-state index is 0. The van der Waals surface area contributed by atoms with E-state index >= 15 is 0 Å². The van der Waals surface area contributed by atoms with E-state index in [0.29, 0.717) is 37.3 Å². The van der Waals surface area contributed by atoms with E-state index in [-0.39, 0.29) is 35.8 Å². The molecule has 10 heteroatoms. The van der Waals surface area contributed by atoms with Gasteiger partial charge in [0, 0.05) is 19.1 Å². The third-order valence-electron chi connectivity index (χ3n) is 4.33. The number of hydrogen-bond donors (Lipinski definition) is 2. The van der Waals surface area contributed by atoms with Gasteiger partial charge in [-0.25, -0.2) is 17.5 Å². The molecule has 0 bridgehead atoms. The number of piperidine rings is 1. The number of nitrogens with zero attached hydrogens (tertiary/aromatic N) is 1. The molecule has 1 aliphatic heterocycles. The van der Waals surface area contributed by atoms with Crippen molar-refractivity contribution in [2.24, 2.45) is 5.73 Å². The van der Waals surface area contributed by atoms with Gasteiger partial charge in [0.1, 0.15) is 17.8 Å². The Morgan fingerprint density at radius 1 is 1.26 bits per heavy atom. The van der Waals surface area contributed by atoms with Crippen LogP contribution in [0.15, 0.2) is 45.9 Å². The minimum atomic E-state index is -3.72. The van der Waals surface area contributed by atoms with Crippen molar-refractivity contribution in [3.63, 3.8) is 0 Å². The summed E-state index contributed by atoms with van der Waals surface area (Å²) in [6.07, 6.45) is 2.37. The zero-order chi connectivity index (χ0) is 18.7. The van der Waals surface area contributed by atoms with Crippen molar-refractivity contribution >= 4 is 28.3 Å². The Labute approximate surface area is 163 Å². The second kappa shape index (κ2) is 8.83. The lowest BCUT2D eigenvalue weighted by Gasteiger charge is -2.32. The van der Waals surface area contributed by atoms with Gasteiger partial charge in [-0.3, -0.25) is 4.79 Å². The van der Waals surface area contributed by atoms with Crippen molar-refractivity contribution in [1.29, 1.82) is 0 Å². The number of likely N-dealkylation sites (tertiary alicyclic amines) is 1. The second-order valence-corrected chi connectivity index (χ2v) is 7.86. The van der Waals surface area contributed by atoms with E-state index in [0.717, 1.165) is 12.1 Å². The van der Waals surface area contributed by atoms with E-state index in [1.54, 1.807) is 11.0 Å². The molecule has 148 valence electrons. The fourth-order valence-electron chi connectivity index (χ4n) is 2.88. The summed E-state index contributed by atoms with van der Waals surface area (Å²) in [5.41, 5.74) is 5.91. The number of sulfonamides is 1. The Hall–Kier alpha value is -1.94. The normalized spacial score (nSPS) is 15.4. The van der Waals surface area contributed by atoms with Crippen LogP contribution < -0.4 is 10.5 Å². The fourth-order valence-corrected chi connectivity index (χ4v) is 4.19. The third-order valence-corrected chi connectivity index (χ3v) is 5.87. The van der Waals surface area contributed by atoms with Gasteiger partial charge >= 0.3 is 0 Å². The minimum Gasteiger partial charge on any atom is -0.467 e. The maximum atomic E-state index is 13.0. The van der Waals surface area contributed by atoms with Gasteiger partial charge in [0.25, 0.3) is 5.91 Å². The van der Waals surface area contributed by atoms with E-state index in [1.165, 1.54) is 18.4 Å².